The van der Waals surface area contributed by atoms with Crippen molar-refractivity contribution in [1.29, 1.82) is 0 Å². The minimum atomic E-state index is -0.168. The predicted molar refractivity (Wildman–Crippen MR) is 76.1 cm³/mol. The van der Waals surface area contributed by atoms with Crippen molar-refractivity contribution in [1.82, 2.24) is 10.4 Å². The zero-order chi connectivity index (χ0) is 14.0. The Hall–Kier alpha value is -1.07. The first-order valence-electron chi connectivity index (χ1n) is 5.62. The number of hydrazine groups is 1. The second-order valence-corrected chi connectivity index (χ2v) is 5.23. The predicted octanol–water partition coefficient (Wildman–Crippen LogP) is 2.59. The Morgan fingerprint density at radius 1 is 1.17 bits per heavy atom. The number of hydrogen-bond donors (Lipinski definition) is 1. The smallest absolute Gasteiger partial charge is 0.269 e. The molecule has 0 unspecified atom stereocenters. The Morgan fingerprint density at radius 2 is 1.72 bits per heavy atom. The highest BCUT2D eigenvalue weighted by Gasteiger charge is 2.22. The highest BCUT2D eigenvalue weighted by molar-refractivity contribution is 9.10. The van der Waals surface area contributed by atoms with Crippen molar-refractivity contribution in [3.05, 3.63) is 26.7 Å². The Kier molecular flexibility index (Phi) is 4.76. The van der Waals surface area contributed by atoms with Crippen LogP contribution in [0.2, 0.25) is 0 Å². The largest absolute Gasteiger partial charge is 0.496 e. The van der Waals surface area contributed by atoms with Crippen molar-refractivity contribution in [3.63, 3.8) is 0 Å². The monoisotopic (exact) mass is 314 g/mol. The van der Waals surface area contributed by atoms with E-state index in [1.54, 1.807) is 26.2 Å². The van der Waals surface area contributed by atoms with Crippen LogP contribution in [-0.4, -0.2) is 32.1 Å². The van der Waals surface area contributed by atoms with E-state index in [0.29, 0.717) is 11.3 Å². The molecule has 0 bridgehead atoms. The summed E-state index contributed by atoms with van der Waals surface area (Å²) in [6, 6.07) is 0. The molecule has 0 aliphatic heterocycles. The van der Waals surface area contributed by atoms with Gasteiger partial charge in [0.2, 0.25) is 0 Å². The normalized spacial score (nSPS) is 10.7. The number of carbonyl (C=O) groups excluding carboxylic acids is 1. The van der Waals surface area contributed by atoms with Crippen LogP contribution in [0.1, 0.15) is 27.0 Å². The number of rotatable bonds is 3. The molecule has 0 atom stereocenters. The maximum atomic E-state index is 12.2. The SMILES string of the molecule is COc1c(C)c(C)c(Br)c(C)c1C(=O)NN(C)C. The maximum Gasteiger partial charge on any atom is 0.269 e. The molecule has 0 heterocycles. The molecule has 0 saturated carbocycles. The van der Waals surface area contributed by atoms with Gasteiger partial charge in [-0.3, -0.25) is 10.2 Å². The first-order chi connectivity index (χ1) is 8.31. The first-order valence-corrected chi connectivity index (χ1v) is 6.42. The van der Waals surface area contributed by atoms with Crippen molar-refractivity contribution in [2.75, 3.05) is 21.2 Å². The van der Waals surface area contributed by atoms with Crippen LogP contribution < -0.4 is 10.2 Å². The van der Waals surface area contributed by atoms with E-state index in [9.17, 15) is 4.79 Å². The van der Waals surface area contributed by atoms with E-state index in [-0.39, 0.29) is 5.91 Å². The van der Waals surface area contributed by atoms with Crippen LogP contribution >= 0.6 is 15.9 Å². The molecule has 0 radical (unpaired) electrons. The number of nitrogens with zero attached hydrogens (tertiary/aromatic N) is 1. The molecule has 18 heavy (non-hydrogen) atoms. The highest BCUT2D eigenvalue weighted by atomic mass is 79.9. The van der Waals surface area contributed by atoms with Crippen LogP contribution in [0, 0.1) is 20.8 Å². The van der Waals surface area contributed by atoms with Crippen LogP contribution in [0.5, 0.6) is 5.75 Å². The molecule has 5 heteroatoms. The lowest BCUT2D eigenvalue weighted by Gasteiger charge is -2.20. The van der Waals surface area contributed by atoms with Crippen LogP contribution in [-0.2, 0) is 0 Å². The van der Waals surface area contributed by atoms with Gasteiger partial charge in [-0.2, -0.15) is 0 Å². The molecule has 100 valence electrons. The summed E-state index contributed by atoms with van der Waals surface area (Å²) in [5.74, 6) is 0.464. The van der Waals surface area contributed by atoms with Crippen molar-refractivity contribution < 1.29 is 9.53 Å². The third-order valence-corrected chi connectivity index (χ3v) is 4.11. The molecule has 1 aromatic rings. The molecule has 1 aromatic carbocycles. The molecular weight excluding hydrogens is 296 g/mol. The summed E-state index contributed by atoms with van der Waals surface area (Å²) in [5.41, 5.74) is 6.26. The molecule has 0 aliphatic rings. The Balaban J connectivity index is 3.47. The average molecular weight is 315 g/mol. The highest BCUT2D eigenvalue weighted by Crippen LogP contribution is 2.35. The maximum absolute atomic E-state index is 12.2. The second kappa shape index (κ2) is 5.71. The number of hydrogen-bond acceptors (Lipinski definition) is 3. The zero-order valence-electron chi connectivity index (χ0n) is 11.6. The van der Waals surface area contributed by atoms with E-state index in [0.717, 1.165) is 21.2 Å². The van der Waals surface area contributed by atoms with Gasteiger partial charge in [-0.15, -0.1) is 0 Å². The number of nitrogens with one attached hydrogen (secondary N) is 1. The lowest BCUT2D eigenvalue weighted by Crippen LogP contribution is -2.36. The van der Waals surface area contributed by atoms with E-state index >= 15 is 0 Å². The topological polar surface area (TPSA) is 41.6 Å². The van der Waals surface area contributed by atoms with E-state index in [1.807, 2.05) is 20.8 Å². The molecule has 0 aliphatic carbocycles. The molecule has 1 rings (SSSR count). The average Bonchev–Trinajstić information content (AvgIpc) is 2.29. The van der Waals surface area contributed by atoms with Gasteiger partial charge in [0.25, 0.3) is 5.91 Å². The van der Waals surface area contributed by atoms with E-state index in [1.165, 1.54) is 0 Å². The van der Waals surface area contributed by atoms with Gasteiger partial charge in [-0.05, 0) is 37.5 Å². The van der Waals surface area contributed by atoms with Crippen LogP contribution in [0.3, 0.4) is 0 Å². The molecule has 0 saturated heterocycles. The van der Waals surface area contributed by atoms with E-state index < -0.39 is 0 Å². The number of carbonyl (C=O) groups is 1. The van der Waals surface area contributed by atoms with Gasteiger partial charge < -0.3 is 4.74 Å². The minimum Gasteiger partial charge on any atom is -0.496 e. The zero-order valence-corrected chi connectivity index (χ0v) is 13.2. The van der Waals surface area contributed by atoms with Gasteiger partial charge in [-0.25, -0.2) is 5.01 Å². The molecule has 0 spiro atoms. The summed E-state index contributed by atoms with van der Waals surface area (Å²) >= 11 is 3.53. The van der Waals surface area contributed by atoms with E-state index in [4.69, 9.17) is 4.74 Å². The first kappa shape index (κ1) is 15.0. The van der Waals surface area contributed by atoms with Crippen molar-refractivity contribution in [2.45, 2.75) is 20.8 Å². The van der Waals surface area contributed by atoms with Gasteiger partial charge in [0.15, 0.2) is 0 Å². The van der Waals surface area contributed by atoms with Crippen LogP contribution in [0.25, 0.3) is 0 Å². The van der Waals surface area contributed by atoms with Crippen molar-refractivity contribution in [3.8, 4) is 5.75 Å². The van der Waals surface area contributed by atoms with Gasteiger partial charge in [0, 0.05) is 18.6 Å². The third kappa shape index (κ3) is 2.67. The summed E-state index contributed by atoms with van der Waals surface area (Å²) in [6.07, 6.45) is 0. The Morgan fingerprint density at radius 3 is 2.17 bits per heavy atom. The van der Waals surface area contributed by atoms with Crippen LogP contribution in [0.4, 0.5) is 0 Å². The fraction of sp³-hybridized carbons (Fsp3) is 0.462. The standard InChI is InChI=1S/C13H19BrN2O2/c1-7-8(2)12(18-6)10(9(3)11(7)14)13(17)15-16(4)5/h1-6H3,(H,15,17). The number of benzene rings is 1. The molecule has 1 N–H and O–H groups in total. The van der Waals surface area contributed by atoms with Gasteiger partial charge in [0.05, 0.1) is 12.7 Å². The fourth-order valence-corrected chi connectivity index (χ4v) is 2.37. The number of halogens is 1. The third-order valence-electron chi connectivity index (χ3n) is 2.92. The Bertz CT molecular complexity index is 485. The van der Waals surface area contributed by atoms with Crippen molar-refractivity contribution >= 4 is 21.8 Å². The quantitative estimate of drug-likeness (QED) is 0.872. The molecular formula is C13H19BrN2O2. The van der Waals surface area contributed by atoms with E-state index in [2.05, 4.69) is 21.4 Å². The van der Waals surface area contributed by atoms with Crippen LogP contribution in [0.15, 0.2) is 4.47 Å². The summed E-state index contributed by atoms with van der Waals surface area (Å²) in [7, 11) is 5.13. The summed E-state index contributed by atoms with van der Waals surface area (Å²) in [4.78, 5) is 12.2. The molecule has 1 amide bonds. The fourth-order valence-electron chi connectivity index (χ4n) is 1.87. The second-order valence-electron chi connectivity index (χ2n) is 4.43. The molecule has 0 fully saturated rings. The van der Waals surface area contributed by atoms with Crippen molar-refractivity contribution in [2.24, 2.45) is 0 Å². The summed E-state index contributed by atoms with van der Waals surface area (Å²) in [5, 5.41) is 1.62. The lowest BCUT2D eigenvalue weighted by molar-refractivity contribution is 0.0853. The van der Waals surface area contributed by atoms with Gasteiger partial charge in [-0.1, -0.05) is 15.9 Å². The number of ether oxygens (including phenoxy) is 1. The summed E-state index contributed by atoms with van der Waals surface area (Å²) in [6.45, 7) is 5.86. The molecule has 0 aromatic heterocycles. The number of amides is 1. The van der Waals surface area contributed by atoms with Gasteiger partial charge >= 0.3 is 0 Å². The summed E-state index contributed by atoms with van der Waals surface area (Å²) < 4.78 is 6.34. The molecule has 4 nitrogen and oxygen atoms in total. The Labute approximate surface area is 116 Å². The lowest BCUT2D eigenvalue weighted by atomic mass is 9.98. The number of methoxy groups -OCH3 is 1. The minimum absolute atomic E-state index is 0.168. The van der Waals surface area contributed by atoms with Gasteiger partial charge in [0.1, 0.15) is 5.75 Å².